The zero-order chi connectivity index (χ0) is 20.3. The summed E-state index contributed by atoms with van der Waals surface area (Å²) in [5.41, 5.74) is 1.33. The second-order valence-electron chi connectivity index (χ2n) is 7.02. The number of ether oxygens (including phenoxy) is 3. The molecule has 1 aromatic carbocycles. The van der Waals surface area contributed by atoms with Crippen molar-refractivity contribution < 1.29 is 19.0 Å². The van der Waals surface area contributed by atoms with E-state index in [0.29, 0.717) is 23.0 Å². The van der Waals surface area contributed by atoms with Gasteiger partial charge in [-0.1, -0.05) is 11.6 Å². The number of halogens is 1. The lowest BCUT2D eigenvalue weighted by Gasteiger charge is -2.24. The minimum atomic E-state index is -0.113. The van der Waals surface area contributed by atoms with Crippen molar-refractivity contribution in [2.24, 2.45) is 0 Å². The van der Waals surface area contributed by atoms with E-state index in [9.17, 15) is 4.79 Å². The Kier molecular flexibility index (Phi) is 6.29. The second-order valence-corrected chi connectivity index (χ2v) is 7.43. The van der Waals surface area contributed by atoms with E-state index >= 15 is 0 Å². The van der Waals surface area contributed by atoms with Crippen LogP contribution >= 0.6 is 11.6 Å². The van der Waals surface area contributed by atoms with E-state index in [-0.39, 0.29) is 18.1 Å². The monoisotopic (exact) mass is 404 g/mol. The zero-order valence-corrected chi connectivity index (χ0v) is 17.3. The zero-order valence-electron chi connectivity index (χ0n) is 16.6. The summed E-state index contributed by atoms with van der Waals surface area (Å²) in [4.78, 5) is 19.2. The van der Waals surface area contributed by atoms with E-state index in [0.717, 1.165) is 29.9 Å². The lowest BCUT2D eigenvalue weighted by molar-refractivity contribution is 0.0728. The lowest BCUT2D eigenvalue weighted by Crippen LogP contribution is -2.33. The molecule has 1 fully saturated rings. The van der Waals surface area contributed by atoms with Crippen LogP contribution in [-0.2, 0) is 6.54 Å². The minimum Gasteiger partial charge on any atom is -0.497 e. The average molecular weight is 405 g/mol. The molecule has 0 spiro atoms. The van der Waals surface area contributed by atoms with Gasteiger partial charge in [-0.25, -0.2) is 4.98 Å². The first-order valence-corrected chi connectivity index (χ1v) is 9.64. The Labute approximate surface area is 170 Å². The molecule has 1 heterocycles. The molecular weight excluding hydrogens is 380 g/mol. The van der Waals surface area contributed by atoms with Crippen LogP contribution in [0.4, 0.5) is 0 Å². The van der Waals surface area contributed by atoms with Gasteiger partial charge >= 0.3 is 0 Å². The van der Waals surface area contributed by atoms with Gasteiger partial charge in [-0.15, -0.1) is 0 Å². The van der Waals surface area contributed by atoms with Gasteiger partial charge in [-0.2, -0.15) is 0 Å². The molecule has 1 saturated carbocycles. The summed E-state index contributed by atoms with van der Waals surface area (Å²) in [5.74, 6) is 1.66. The van der Waals surface area contributed by atoms with E-state index in [1.807, 2.05) is 36.9 Å². The Morgan fingerprint density at radius 3 is 2.57 bits per heavy atom. The van der Waals surface area contributed by atoms with E-state index in [1.165, 1.54) is 6.20 Å². The molecule has 0 bridgehead atoms. The Morgan fingerprint density at radius 2 is 2.00 bits per heavy atom. The molecule has 0 N–H and O–H groups in total. The molecule has 6 nitrogen and oxygen atoms in total. The van der Waals surface area contributed by atoms with Gasteiger partial charge in [0.15, 0.2) is 0 Å². The van der Waals surface area contributed by atoms with Crippen molar-refractivity contribution >= 4 is 17.5 Å². The third-order valence-electron chi connectivity index (χ3n) is 4.48. The van der Waals surface area contributed by atoms with Crippen LogP contribution in [0.15, 0.2) is 30.5 Å². The number of benzene rings is 1. The van der Waals surface area contributed by atoms with Crippen LogP contribution < -0.4 is 14.2 Å². The van der Waals surface area contributed by atoms with Crippen molar-refractivity contribution in [3.63, 3.8) is 0 Å². The Hall–Kier alpha value is -2.47. The molecule has 7 heteroatoms. The summed E-state index contributed by atoms with van der Waals surface area (Å²) in [6, 6.07) is 7.40. The molecular formula is C21H25ClN2O4. The van der Waals surface area contributed by atoms with Crippen LogP contribution in [-0.4, -0.2) is 42.2 Å². The minimum absolute atomic E-state index is 0.0463. The predicted molar refractivity (Wildman–Crippen MR) is 107 cm³/mol. The van der Waals surface area contributed by atoms with Crippen LogP contribution in [0.25, 0.3) is 0 Å². The second kappa shape index (κ2) is 8.69. The van der Waals surface area contributed by atoms with E-state index < -0.39 is 0 Å². The fourth-order valence-electron chi connectivity index (χ4n) is 2.96. The van der Waals surface area contributed by atoms with E-state index in [2.05, 4.69) is 4.98 Å². The highest BCUT2D eigenvalue weighted by atomic mass is 35.5. The van der Waals surface area contributed by atoms with Crippen molar-refractivity contribution in [3.8, 4) is 17.4 Å². The molecule has 1 amide bonds. The molecule has 0 saturated heterocycles. The largest absolute Gasteiger partial charge is 0.497 e. The molecule has 0 atom stereocenters. The van der Waals surface area contributed by atoms with Gasteiger partial charge in [0.25, 0.3) is 5.91 Å². The van der Waals surface area contributed by atoms with Crippen molar-refractivity contribution in [3.05, 3.63) is 46.6 Å². The number of rotatable bonds is 8. The third-order valence-corrected chi connectivity index (χ3v) is 4.75. The summed E-state index contributed by atoms with van der Waals surface area (Å²) in [6.45, 7) is 4.21. The highest BCUT2D eigenvalue weighted by Gasteiger charge is 2.34. The van der Waals surface area contributed by atoms with Gasteiger partial charge < -0.3 is 19.1 Å². The molecule has 1 aromatic heterocycles. The normalized spacial score (nSPS) is 13.4. The van der Waals surface area contributed by atoms with Crippen molar-refractivity contribution in [1.82, 2.24) is 9.88 Å². The van der Waals surface area contributed by atoms with E-state index in [1.54, 1.807) is 20.3 Å². The summed E-state index contributed by atoms with van der Waals surface area (Å²) in [7, 11) is 3.23. The maximum Gasteiger partial charge on any atom is 0.256 e. The molecule has 1 aliphatic carbocycles. The molecule has 0 unspecified atom stereocenters. The van der Waals surface area contributed by atoms with Gasteiger partial charge in [0.05, 0.1) is 32.4 Å². The van der Waals surface area contributed by atoms with Gasteiger partial charge in [-0.05, 0) is 51.0 Å². The SMILES string of the molecule is COc1ccc(OC)c(CN(C(=O)c2cnc(OC(C)C)c(Cl)c2)C2CC2)c1. The number of hydrogen-bond donors (Lipinski definition) is 0. The first-order chi connectivity index (χ1) is 13.4. The molecule has 150 valence electrons. The van der Waals surface area contributed by atoms with Crippen molar-refractivity contribution in [2.75, 3.05) is 14.2 Å². The molecule has 2 aromatic rings. The Bertz CT molecular complexity index is 852. The number of carbonyl (C=O) groups is 1. The van der Waals surface area contributed by atoms with Crippen LogP contribution in [0.5, 0.6) is 17.4 Å². The third kappa shape index (κ3) is 4.68. The van der Waals surface area contributed by atoms with Crippen LogP contribution in [0.3, 0.4) is 0 Å². The van der Waals surface area contributed by atoms with Crippen molar-refractivity contribution in [2.45, 2.75) is 45.4 Å². The maximum absolute atomic E-state index is 13.2. The number of nitrogens with zero attached hydrogens (tertiary/aromatic N) is 2. The molecule has 1 aliphatic rings. The Morgan fingerprint density at radius 1 is 1.25 bits per heavy atom. The highest BCUT2D eigenvalue weighted by molar-refractivity contribution is 6.32. The van der Waals surface area contributed by atoms with E-state index in [4.69, 9.17) is 25.8 Å². The molecule has 0 aliphatic heterocycles. The maximum atomic E-state index is 13.2. The standard InChI is InChI=1S/C21H25ClN2O4/c1-13(2)28-20-18(22)10-14(11-23-20)21(25)24(16-5-6-16)12-15-9-17(26-3)7-8-19(15)27-4/h7-11,13,16H,5-6,12H2,1-4H3. The van der Waals surface area contributed by atoms with Crippen LogP contribution in [0, 0.1) is 0 Å². The summed E-state index contributed by atoms with van der Waals surface area (Å²) in [6.07, 6.45) is 3.43. The number of carbonyl (C=O) groups excluding carboxylic acids is 1. The fraction of sp³-hybridized carbons (Fsp3) is 0.429. The molecule has 0 radical (unpaired) electrons. The highest BCUT2D eigenvalue weighted by Crippen LogP contribution is 2.34. The first-order valence-electron chi connectivity index (χ1n) is 9.27. The molecule has 3 rings (SSSR count). The fourth-order valence-corrected chi connectivity index (χ4v) is 3.17. The predicted octanol–water partition coefficient (Wildman–Crippen LogP) is 4.34. The average Bonchev–Trinajstić information content (AvgIpc) is 3.51. The Balaban J connectivity index is 1.85. The summed E-state index contributed by atoms with van der Waals surface area (Å²) >= 11 is 6.27. The number of aromatic nitrogens is 1. The van der Waals surface area contributed by atoms with Gasteiger partial charge in [0, 0.05) is 17.8 Å². The van der Waals surface area contributed by atoms with Gasteiger partial charge in [0.2, 0.25) is 5.88 Å². The quantitative estimate of drug-likeness (QED) is 0.654. The summed E-state index contributed by atoms with van der Waals surface area (Å²) < 4.78 is 16.3. The van der Waals surface area contributed by atoms with Crippen LogP contribution in [0.2, 0.25) is 5.02 Å². The first kappa shape index (κ1) is 20.3. The smallest absolute Gasteiger partial charge is 0.256 e. The van der Waals surface area contributed by atoms with Crippen LogP contribution in [0.1, 0.15) is 42.6 Å². The van der Waals surface area contributed by atoms with Gasteiger partial charge in [0.1, 0.15) is 16.5 Å². The summed E-state index contributed by atoms with van der Waals surface area (Å²) in [5, 5.41) is 0.328. The lowest BCUT2D eigenvalue weighted by atomic mass is 10.1. The van der Waals surface area contributed by atoms with Crippen molar-refractivity contribution in [1.29, 1.82) is 0 Å². The number of amides is 1. The topological polar surface area (TPSA) is 60.9 Å². The number of hydrogen-bond acceptors (Lipinski definition) is 5. The number of pyridine rings is 1. The van der Waals surface area contributed by atoms with Gasteiger partial charge in [-0.3, -0.25) is 4.79 Å². The number of methoxy groups -OCH3 is 2. The molecule has 28 heavy (non-hydrogen) atoms.